The Morgan fingerprint density at radius 2 is 1.87 bits per heavy atom. The predicted molar refractivity (Wildman–Crippen MR) is 115 cm³/mol. The van der Waals surface area contributed by atoms with Crippen LogP contribution >= 0.6 is 11.6 Å². The average molecular weight is 429 g/mol. The number of pyridine rings is 1. The van der Waals surface area contributed by atoms with Crippen LogP contribution in [0.4, 0.5) is 0 Å². The molecule has 1 amide bonds. The van der Waals surface area contributed by atoms with Crippen molar-refractivity contribution in [3.8, 4) is 11.4 Å². The van der Waals surface area contributed by atoms with E-state index in [1.165, 1.54) is 0 Å². The van der Waals surface area contributed by atoms with Crippen LogP contribution in [-0.4, -0.2) is 20.6 Å². The number of aromatic nitrogens is 3. The van der Waals surface area contributed by atoms with Crippen molar-refractivity contribution < 1.29 is 9.32 Å². The maximum atomic E-state index is 12.8. The number of rotatable bonds is 7. The van der Waals surface area contributed by atoms with Gasteiger partial charge in [0.1, 0.15) is 0 Å². The van der Waals surface area contributed by atoms with Gasteiger partial charge in [0.25, 0.3) is 5.56 Å². The molecule has 2 heterocycles. The first-order valence-electron chi connectivity index (χ1n) is 9.86. The second-order valence-corrected chi connectivity index (χ2v) is 7.95. The lowest BCUT2D eigenvalue weighted by atomic mass is 10.1. The Balaban J connectivity index is 1.64. The molecule has 8 heteroatoms. The van der Waals surface area contributed by atoms with Crippen molar-refractivity contribution in [2.45, 2.75) is 52.6 Å². The molecule has 3 aromatic rings. The lowest BCUT2D eigenvalue weighted by Gasteiger charge is -2.14. The third kappa shape index (κ3) is 4.97. The van der Waals surface area contributed by atoms with Gasteiger partial charge in [-0.1, -0.05) is 28.9 Å². The topological polar surface area (TPSA) is 90.0 Å². The van der Waals surface area contributed by atoms with Crippen LogP contribution in [0.3, 0.4) is 0 Å². The maximum Gasteiger partial charge on any atom is 0.262 e. The van der Waals surface area contributed by atoms with E-state index in [0.717, 1.165) is 11.3 Å². The fourth-order valence-corrected chi connectivity index (χ4v) is 3.42. The van der Waals surface area contributed by atoms with Crippen molar-refractivity contribution in [3.63, 3.8) is 0 Å². The number of carbonyl (C=O) groups is 1. The third-order valence-corrected chi connectivity index (χ3v) is 5.11. The van der Waals surface area contributed by atoms with Crippen molar-refractivity contribution in [1.82, 2.24) is 20.0 Å². The molecule has 0 saturated heterocycles. The smallest absolute Gasteiger partial charge is 0.262 e. The normalized spacial score (nSPS) is 12.2. The van der Waals surface area contributed by atoms with Crippen LogP contribution in [0.1, 0.15) is 56.4 Å². The summed E-state index contributed by atoms with van der Waals surface area (Å²) in [6.45, 7) is 7.69. The standard InChI is InChI=1S/C22H25ClN4O3/c1-13(2)27-14(3)5-10-18(22(27)29)21-25-20(30-26-21)12-11-19(28)24-15(4)16-6-8-17(23)9-7-16/h5-10,13,15H,11-12H2,1-4H3,(H,24,28). The summed E-state index contributed by atoms with van der Waals surface area (Å²) in [5.41, 5.74) is 2.06. The molecule has 7 nitrogen and oxygen atoms in total. The van der Waals surface area contributed by atoms with Crippen molar-refractivity contribution in [1.29, 1.82) is 0 Å². The van der Waals surface area contributed by atoms with Crippen LogP contribution in [0.15, 0.2) is 45.7 Å². The van der Waals surface area contributed by atoms with Gasteiger partial charge in [0.2, 0.25) is 17.6 Å². The molecule has 30 heavy (non-hydrogen) atoms. The number of benzene rings is 1. The Morgan fingerprint density at radius 1 is 1.17 bits per heavy atom. The van der Waals surface area contributed by atoms with Crippen LogP contribution in [0.25, 0.3) is 11.4 Å². The van der Waals surface area contributed by atoms with Gasteiger partial charge in [-0.2, -0.15) is 4.98 Å². The van der Waals surface area contributed by atoms with Crippen LogP contribution in [-0.2, 0) is 11.2 Å². The Labute approximate surface area is 180 Å². The monoisotopic (exact) mass is 428 g/mol. The molecule has 1 N–H and O–H groups in total. The van der Waals surface area contributed by atoms with Crippen LogP contribution < -0.4 is 10.9 Å². The zero-order valence-corrected chi connectivity index (χ0v) is 18.2. The Hall–Kier alpha value is -2.93. The molecule has 0 spiro atoms. The van der Waals surface area contributed by atoms with Gasteiger partial charge in [-0.05, 0) is 57.5 Å². The summed E-state index contributed by atoms with van der Waals surface area (Å²) in [6, 6.07) is 10.8. The molecule has 0 saturated carbocycles. The molecule has 0 aliphatic carbocycles. The highest BCUT2D eigenvalue weighted by atomic mass is 35.5. The summed E-state index contributed by atoms with van der Waals surface area (Å²) < 4.78 is 6.95. The minimum Gasteiger partial charge on any atom is -0.350 e. The number of carbonyl (C=O) groups excluding carboxylic acids is 1. The Morgan fingerprint density at radius 3 is 2.53 bits per heavy atom. The molecule has 0 bridgehead atoms. The molecule has 158 valence electrons. The summed E-state index contributed by atoms with van der Waals surface area (Å²) in [6.07, 6.45) is 0.486. The summed E-state index contributed by atoms with van der Waals surface area (Å²) in [4.78, 5) is 29.3. The lowest BCUT2D eigenvalue weighted by Crippen LogP contribution is -2.26. The SMILES string of the molecule is Cc1ccc(-c2noc(CCC(=O)NC(C)c3ccc(Cl)cc3)n2)c(=O)n1C(C)C. The van der Waals surface area contributed by atoms with Crippen LogP contribution in [0, 0.1) is 6.92 Å². The first kappa shape index (κ1) is 21.8. The van der Waals surface area contributed by atoms with Gasteiger partial charge in [-0.15, -0.1) is 0 Å². The average Bonchev–Trinajstić information content (AvgIpc) is 3.15. The highest BCUT2D eigenvalue weighted by Gasteiger charge is 2.17. The molecular formula is C22H25ClN4O3. The van der Waals surface area contributed by atoms with Crippen molar-refractivity contribution in [2.75, 3.05) is 0 Å². The quantitative estimate of drug-likeness (QED) is 0.607. The van der Waals surface area contributed by atoms with Crippen molar-refractivity contribution in [3.05, 3.63) is 68.9 Å². The lowest BCUT2D eigenvalue weighted by molar-refractivity contribution is -0.121. The number of amides is 1. The van der Waals surface area contributed by atoms with Crippen LogP contribution in [0.5, 0.6) is 0 Å². The zero-order chi connectivity index (χ0) is 21.8. The summed E-state index contributed by atoms with van der Waals surface area (Å²) in [5, 5.41) is 7.51. The molecule has 2 aromatic heterocycles. The maximum absolute atomic E-state index is 12.8. The number of nitrogens with one attached hydrogen (secondary N) is 1. The van der Waals surface area contributed by atoms with E-state index >= 15 is 0 Å². The van der Waals surface area contributed by atoms with Gasteiger partial charge in [0.05, 0.1) is 11.6 Å². The predicted octanol–water partition coefficient (Wildman–Crippen LogP) is 4.25. The van der Waals surface area contributed by atoms with Gasteiger partial charge in [0.15, 0.2) is 0 Å². The molecule has 0 aliphatic rings. The molecule has 1 atom stereocenters. The molecule has 0 aliphatic heterocycles. The van der Waals surface area contributed by atoms with Crippen molar-refractivity contribution in [2.24, 2.45) is 0 Å². The number of nitrogens with zero attached hydrogens (tertiary/aromatic N) is 3. The number of hydrogen-bond donors (Lipinski definition) is 1. The van der Waals surface area contributed by atoms with Gasteiger partial charge < -0.3 is 14.4 Å². The second kappa shape index (κ2) is 9.26. The molecular weight excluding hydrogens is 404 g/mol. The fraction of sp³-hybridized carbons (Fsp3) is 0.364. The summed E-state index contributed by atoms with van der Waals surface area (Å²) >= 11 is 5.90. The third-order valence-electron chi connectivity index (χ3n) is 4.86. The Kier molecular flexibility index (Phi) is 6.72. The second-order valence-electron chi connectivity index (χ2n) is 7.51. The van der Waals surface area contributed by atoms with E-state index in [1.807, 2.05) is 45.9 Å². The van der Waals surface area contributed by atoms with E-state index in [1.54, 1.807) is 22.8 Å². The van der Waals surface area contributed by atoms with Crippen LogP contribution in [0.2, 0.25) is 5.02 Å². The minimum absolute atomic E-state index is 0.0233. The number of halogens is 1. The molecule has 0 fully saturated rings. The minimum atomic E-state index is -0.160. The van der Waals surface area contributed by atoms with E-state index in [0.29, 0.717) is 16.5 Å². The highest BCUT2D eigenvalue weighted by molar-refractivity contribution is 6.30. The van der Waals surface area contributed by atoms with E-state index in [4.69, 9.17) is 16.1 Å². The van der Waals surface area contributed by atoms with Crippen molar-refractivity contribution >= 4 is 17.5 Å². The first-order valence-corrected chi connectivity index (χ1v) is 10.2. The van der Waals surface area contributed by atoms with E-state index in [-0.39, 0.29) is 42.2 Å². The van der Waals surface area contributed by atoms with E-state index in [2.05, 4.69) is 15.5 Å². The molecule has 0 radical (unpaired) electrons. The van der Waals surface area contributed by atoms with Gasteiger partial charge >= 0.3 is 0 Å². The van der Waals surface area contributed by atoms with Gasteiger partial charge in [-0.3, -0.25) is 9.59 Å². The fourth-order valence-electron chi connectivity index (χ4n) is 3.29. The first-order chi connectivity index (χ1) is 14.3. The van der Waals surface area contributed by atoms with Gasteiger partial charge in [0, 0.05) is 29.6 Å². The summed E-state index contributed by atoms with van der Waals surface area (Å²) in [5.74, 6) is 0.421. The number of hydrogen-bond acceptors (Lipinski definition) is 5. The number of aryl methyl sites for hydroxylation is 2. The zero-order valence-electron chi connectivity index (χ0n) is 17.5. The molecule has 1 unspecified atom stereocenters. The van der Waals surface area contributed by atoms with Gasteiger partial charge in [-0.25, -0.2) is 0 Å². The highest BCUT2D eigenvalue weighted by Crippen LogP contribution is 2.17. The van der Waals surface area contributed by atoms with E-state index in [9.17, 15) is 9.59 Å². The molecule has 3 rings (SSSR count). The Bertz CT molecular complexity index is 1090. The summed E-state index contributed by atoms with van der Waals surface area (Å²) in [7, 11) is 0. The molecule has 1 aromatic carbocycles. The largest absolute Gasteiger partial charge is 0.350 e. The van der Waals surface area contributed by atoms with E-state index < -0.39 is 0 Å².